The maximum absolute atomic E-state index is 11.1. The van der Waals surface area contributed by atoms with Gasteiger partial charge in [-0.25, -0.2) is 4.68 Å². The highest BCUT2D eigenvalue weighted by molar-refractivity contribution is 5.44. The molecule has 1 aromatic heterocycles. The van der Waals surface area contributed by atoms with Crippen LogP contribution < -0.4 is 9.47 Å². The van der Waals surface area contributed by atoms with Crippen LogP contribution in [0.2, 0.25) is 0 Å². The summed E-state index contributed by atoms with van der Waals surface area (Å²) in [4.78, 5) is 2.36. The molecule has 192 valence electrons. The molecular formula is C31H35N3O3. The molecule has 0 amide bonds. The van der Waals surface area contributed by atoms with E-state index < -0.39 is 6.10 Å². The summed E-state index contributed by atoms with van der Waals surface area (Å²) in [5.41, 5.74) is 3.93. The quantitative estimate of drug-likeness (QED) is 0.253. The van der Waals surface area contributed by atoms with Crippen LogP contribution in [0.25, 0.3) is 5.69 Å². The van der Waals surface area contributed by atoms with Gasteiger partial charge in [-0.15, -0.1) is 0 Å². The summed E-state index contributed by atoms with van der Waals surface area (Å²) in [6, 6.07) is 27.6. The Hall–Kier alpha value is -3.61. The van der Waals surface area contributed by atoms with E-state index in [0.29, 0.717) is 30.6 Å². The van der Waals surface area contributed by atoms with Gasteiger partial charge in [0.05, 0.1) is 30.2 Å². The van der Waals surface area contributed by atoms with E-state index in [0.717, 1.165) is 41.2 Å². The van der Waals surface area contributed by atoms with Crippen LogP contribution in [-0.2, 0) is 13.0 Å². The molecule has 0 aliphatic heterocycles. The van der Waals surface area contributed by atoms with Gasteiger partial charge in [0.25, 0.3) is 0 Å². The van der Waals surface area contributed by atoms with Crippen molar-refractivity contribution in [2.24, 2.45) is 5.92 Å². The van der Waals surface area contributed by atoms with Gasteiger partial charge in [0.15, 0.2) is 0 Å². The van der Waals surface area contributed by atoms with Gasteiger partial charge >= 0.3 is 0 Å². The van der Waals surface area contributed by atoms with Gasteiger partial charge in [-0.1, -0.05) is 61.5 Å². The first kappa shape index (κ1) is 25.1. The Kier molecular flexibility index (Phi) is 7.87. The minimum absolute atomic E-state index is 0.554. The predicted octanol–water partition coefficient (Wildman–Crippen LogP) is 6.18. The number of benzene rings is 3. The van der Waals surface area contributed by atoms with Crippen LogP contribution in [0.3, 0.4) is 0 Å². The van der Waals surface area contributed by atoms with Gasteiger partial charge in [-0.2, -0.15) is 5.10 Å². The standard InChI is InChI=1S/C31H35N3O3/c1-3-29-28(21-33(20-23-17-18-23)22-30(35)24-11-6-4-7-12-24)31(34(32-29)25-13-8-5-9-14-25)37-27-16-10-15-26(19-27)36-2/h4-16,19,23,30,35H,3,17-18,20-22H2,1-2H3. The molecular weight excluding hydrogens is 462 g/mol. The third-order valence-corrected chi connectivity index (χ3v) is 6.82. The number of methoxy groups -OCH3 is 1. The maximum Gasteiger partial charge on any atom is 0.227 e. The second-order valence-corrected chi connectivity index (χ2v) is 9.68. The first-order chi connectivity index (χ1) is 18.1. The number of hydrogen-bond donors (Lipinski definition) is 1. The smallest absolute Gasteiger partial charge is 0.227 e. The van der Waals surface area contributed by atoms with Gasteiger partial charge < -0.3 is 14.6 Å². The normalized spacial score (nSPS) is 14.1. The summed E-state index contributed by atoms with van der Waals surface area (Å²) in [6.07, 6.45) is 2.71. The minimum atomic E-state index is -0.558. The molecule has 3 aromatic carbocycles. The van der Waals surface area contributed by atoms with Crippen LogP contribution in [-0.4, -0.2) is 40.0 Å². The lowest BCUT2D eigenvalue weighted by molar-refractivity contribution is 0.105. The average molecular weight is 498 g/mol. The predicted molar refractivity (Wildman–Crippen MR) is 145 cm³/mol. The van der Waals surface area contributed by atoms with Crippen molar-refractivity contribution in [3.8, 4) is 23.1 Å². The van der Waals surface area contributed by atoms with Crippen molar-refractivity contribution in [1.29, 1.82) is 0 Å². The van der Waals surface area contributed by atoms with E-state index >= 15 is 0 Å². The monoisotopic (exact) mass is 497 g/mol. The second-order valence-electron chi connectivity index (χ2n) is 9.68. The number of para-hydroxylation sites is 1. The number of aryl methyl sites for hydroxylation is 1. The molecule has 0 spiro atoms. The fraction of sp³-hybridized carbons (Fsp3) is 0.323. The molecule has 1 atom stereocenters. The fourth-order valence-corrected chi connectivity index (χ4v) is 4.66. The molecule has 0 saturated heterocycles. The topological polar surface area (TPSA) is 59.8 Å². The van der Waals surface area contributed by atoms with Crippen LogP contribution in [0.1, 0.15) is 42.7 Å². The highest BCUT2D eigenvalue weighted by atomic mass is 16.5. The number of rotatable bonds is 12. The fourth-order valence-electron chi connectivity index (χ4n) is 4.66. The molecule has 6 heteroatoms. The van der Waals surface area contributed by atoms with Crippen molar-refractivity contribution >= 4 is 0 Å². The van der Waals surface area contributed by atoms with Gasteiger partial charge in [-0.05, 0) is 55.0 Å². The van der Waals surface area contributed by atoms with E-state index in [4.69, 9.17) is 14.6 Å². The second kappa shape index (κ2) is 11.6. The minimum Gasteiger partial charge on any atom is -0.497 e. The Morgan fingerprint density at radius 2 is 1.68 bits per heavy atom. The summed E-state index contributed by atoms with van der Waals surface area (Å²) >= 11 is 0. The number of aliphatic hydroxyl groups excluding tert-OH is 1. The van der Waals surface area contributed by atoms with Crippen molar-refractivity contribution < 1.29 is 14.6 Å². The maximum atomic E-state index is 11.1. The molecule has 1 aliphatic carbocycles. The van der Waals surface area contributed by atoms with Gasteiger partial charge in [0, 0.05) is 25.7 Å². The van der Waals surface area contributed by atoms with Crippen LogP contribution in [0.5, 0.6) is 17.4 Å². The molecule has 6 nitrogen and oxygen atoms in total. The van der Waals surface area contributed by atoms with Crippen LogP contribution >= 0.6 is 0 Å². The Balaban J connectivity index is 1.51. The lowest BCUT2D eigenvalue weighted by Crippen LogP contribution is -2.30. The van der Waals surface area contributed by atoms with Crippen molar-refractivity contribution in [1.82, 2.24) is 14.7 Å². The van der Waals surface area contributed by atoms with Crippen molar-refractivity contribution in [3.63, 3.8) is 0 Å². The Labute approximate surface area is 219 Å². The lowest BCUT2D eigenvalue weighted by atomic mass is 10.1. The third kappa shape index (κ3) is 6.21. The van der Waals surface area contributed by atoms with Crippen LogP contribution in [0.4, 0.5) is 0 Å². The zero-order valence-corrected chi connectivity index (χ0v) is 21.6. The highest BCUT2D eigenvalue weighted by Crippen LogP contribution is 2.36. The van der Waals surface area contributed by atoms with Gasteiger partial charge in [0.1, 0.15) is 11.5 Å². The first-order valence-electron chi connectivity index (χ1n) is 13.1. The van der Waals surface area contributed by atoms with Crippen LogP contribution in [0, 0.1) is 5.92 Å². The summed E-state index contributed by atoms with van der Waals surface area (Å²) in [6.45, 7) is 4.27. The first-order valence-corrected chi connectivity index (χ1v) is 13.1. The van der Waals surface area contributed by atoms with Crippen molar-refractivity contribution in [2.75, 3.05) is 20.2 Å². The van der Waals surface area contributed by atoms with E-state index in [2.05, 4.69) is 11.8 Å². The molecule has 4 aromatic rings. The van der Waals surface area contributed by atoms with Crippen LogP contribution in [0.15, 0.2) is 84.9 Å². The molecule has 1 fully saturated rings. The molecule has 1 unspecified atom stereocenters. The molecule has 0 bridgehead atoms. The molecule has 1 heterocycles. The largest absolute Gasteiger partial charge is 0.497 e. The molecule has 1 saturated carbocycles. The zero-order chi connectivity index (χ0) is 25.6. The van der Waals surface area contributed by atoms with Crippen molar-refractivity contribution in [3.05, 3.63) is 102 Å². The van der Waals surface area contributed by atoms with E-state index in [9.17, 15) is 5.11 Å². The zero-order valence-electron chi connectivity index (χ0n) is 21.6. The molecule has 37 heavy (non-hydrogen) atoms. The summed E-state index contributed by atoms with van der Waals surface area (Å²) in [5, 5.41) is 16.1. The summed E-state index contributed by atoms with van der Waals surface area (Å²) < 4.78 is 13.9. The Morgan fingerprint density at radius 3 is 2.35 bits per heavy atom. The number of ether oxygens (including phenoxy) is 2. The SMILES string of the molecule is CCc1nn(-c2ccccc2)c(Oc2cccc(OC)c2)c1CN(CC1CC1)CC(O)c1ccccc1. The average Bonchev–Trinajstić information content (AvgIpc) is 3.70. The number of aromatic nitrogens is 2. The van der Waals surface area contributed by atoms with Crippen molar-refractivity contribution in [2.45, 2.75) is 38.8 Å². The van der Waals surface area contributed by atoms with Gasteiger partial charge in [0.2, 0.25) is 5.88 Å². The van der Waals surface area contributed by atoms with E-state index in [1.165, 1.54) is 12.8 Å². The lowest BCUT2D eigenvalue weighted by Gasteiger charge is -2.26. The molecule has 1 N–H and O–H groups in total. The van der Waals surface area contributed by atoms with E-state index in [-0.39, 0.29) is 0 Å². The molecule has 5 rings (SSSR count). The highest BCUT2D eigenvalue weighted by Gasteiger charge is 2.29. The number of aliphatic hydroxyl groups is 1. The molecule has 0 radical (unpaired) electrons. The Bertz CT molecular complexity index is 1290. The molecule has 1 aliphatic rings. The summed E-state index contributed by atoms with van der Waals surface area (Å²) in [5.74, 6) is 2.81. The van der Waals surface area contributed by atoms with Gasteiger partial charge in [-0.3, -0.25) is 4.90 Å². The number of nitrogens with zero attached hydrogens (tertiary/aromatic N) is 3. The number of hydrogen-bond acceptors (Lipinski definition) is 5. The Morgan fingerprint density at radius 1 is 0.973 bits per heavy atom. The third-order valence-electron chi connectivity index (χ3n) is 6.82. The summed E-state index contributed by atoms with van der Waals surface area (Å²) in [7, 11) is 1.65. The van der Waals surface area contributed by atoms with E-state index in [1.807, 2.05) is 89.6 Å². The van der Waals surface area contributed by atoms with E-state index in [1.54, 1.807) is 7.11 Å².